The van der Waals surface area contributed by atoms with Crippen molar-refractivity contribution in [2.75, 3.05) is 32.1 Å². The number of esters is 1. The fraction of sp³-hybridized carbons (Fsp3) is 0.333. The lowest BCUT2D eigenvalue weighted by Gasteiger charge is -2.14. The number of rotatable bonds is 5. The molecule has 1 aromatic rings. The second-order valence-electron chi connectivity index (χ2n) is 5.37. The first kappa shape index (κ1) is 19.2. The van der Waals surface area contributed by atoms with Crippen LogP contribution in [-0.4, -0.2) is 60.4 Å². The zero-order valence-electron chi connectivity index (χ0n) is 13.5. The van der Waals surface area contributed by atoms with E-state index in [-0.39, 0.29) is 6.54 Å². The van der Waals surface area contributed by atoms with E-state index in [0.29, 0.717) is 4.90 Å². The number of hydrogen-bond acceptors (Lipinski definition) is 5. The van der Waals surface area contributed by atoms with Gasteiger partial charge in [-0.05, 0) is 12.1 Å². The number of amides is 4. The Balaban J connectivity index is 1.89. The number of hydrogen-bond donors (Lipinski definition) is 1. The first-order valence-electron chi connectivity index (χ1n) is 7.26. The standard InChI is InChI=1S/C15H14F3N3O5/c1-20-6-12(23)21(14(20)25)7-13(24)26-8-11(22)19-10-5-3-2-4-9(10)15(16,17)18/h2-5H,6-8H2,1H3,(H,19,22). The van der Waals surface area contributed by atoms with Crippen molar-refractivity contribution < 1.29 is 37.1 Å². The quantitative estimate of drug-likeness (QED) is 0.616. The number of urea groups is 1. The van der Waals surface area contributed by atoms with Gasteiger partial charge in [0.05, 0.1) is 11.3 Å². The highest BCUT2D eigenvalue weighted by atomic mass is 19.4. The molecule has 1 aromatic carbocycles. The summed E-state index contributed by atoms with van der Waals surface area (Å²) in [6.07, 6.45) is -4.66. The van der Waals surface area contributed by atoms with Gasteiger partial charge in [-0.1, -0.05) is 12.1 Å². The number of nitrogens with one attached hydrogen (secondary N) is 1. The van der Waals surface area contributed by atoms with Gasteiger partial charge in [0.15, 0.2) is 6.61 Å². The Morgan fingerprint density at radius 2 is 1.88 bits per heavy atom. The Bertz CT molecular complexity index is 750. The first-order valence-corrected chi connectivity index (χ1v) is 7.26. The largest absolute Gasteiger partial charge is 0.454 e. The Labute approximate surface area is 145 Å². The minimum absolute atomic E-state index is 0.180. The number of carbonyl (C=O) groups excluding carboxylic acids is 4. The van der Waals surface area contributed by atoms with E-state index in [0.717, 1.165) is 17.0 Å². The van der Waals surface area contributed by atoms with E-state index in [1.807, 2.05) is 5.32 Å². The average Bonchev–Trinajstić information content (AvgIpc) is 2.79. The Kier molecular flexibility index (Phi) is 5.48. The average molecular weight is 373 g/mol. The van der Waals surface area contributed by atoms with Gasteiger partial charge in [0.1, 0.15) is 13.1 Å². The molecule has 11 heteroatoms. The van der Waals surface area contributed by atoms with Crippen LogP contribution in [0.1, 0.15) is 5.56 Å². The molecule has 8 nitrogen and oxygen atoms in total. The highest BCUT2D eigenvalue weighted by molar-refractivity contribution is 6.04. The molecule has 1 heterocycles. The molecule has 1 N–H and O–H groups in total. The SMILES string of the molecule is CN1CC(=O)N(CC(=O)OCC(=O)Nc2ccccc2C(F)(F)F)C1=O. The smallest absolute Gasteiger partial charge is 0.418 e. The Morgan fingerprint density at radius 3 is 2.46 bits per heavy atom. The van der Waals surface area contributed by atoms with Gasteiger partial charge in [-0.2, -0.15) is 13.2 Å². The van der Waals surface area contributed by atoms with Crippen LogP contribution in [0, 0.1) is 0 Å². The molecule has 0 bridgehead atoms. The molecule has 140 valence electrons. The van der Waals surface area contributed by atoms with Crippen LogP contribution in [0.25, 0.3) is 0 Å². The van der Waals surface area contributed by atoms with Crippen LogP contribution in [0.15, 0.2) is 24.3 Å². The molecule has 0 unspecified atom stereocenters. The van der Waals surface area contributed by atoms with Gasteiger partial charge >= 0.3 is 18.2 Å². The van der Waals surface area contributed by atoms with Gasteiger partial charge < -0.3 is 15.0 Å². The molecular formula is C15H14F3N3O5. The molecule has 0 saturated carbocycles. The van der Waals surface area contributed by atoms with Gasteiger partial charge in [-0.25, -0.2) is 4.79 Å². The van der Waals surface area contributed by atoms with Gasteiger partial charge in [0.25, 0.3) is 11.8 Å². The van der Waals surface area contributed by atoms with Crippen molar-refractivity contribution in [2.45, 2.75) is 6.18 Å². The zero-order valence-corrected chi connectivity index (χ0v) is 13.5. The second kappa shape index (κ2) is 7.42. The molecule has 0 aromatic heterocycles. The Hall–Kier alpha value is -3.11. The van der Waals surface area contributed by atoms with E-state index in [2.05, 4.69) is 4.74 Å². The third-order valence-corrected chi connectivity index (χ3v) is 3.39. The summed E-state index contributed by atoms with van der Waals surface area (Å²) in [6, 6.07) is 3.63. The highest BCUT2D eigenvalue weighted by Crippen LogP contribution is 2.34. The maximum absolute atomic E-state index is 12.8. The molecule has 0 atom stereocenters. The molecule has 2 rings (SSSR count). The van der Waals surface area contributed by atoms with Gasteiger partial charge in [0, 0.05) is 7.05 Å². The first-order chi connectivity index (χ1) is 12.1. The van der Waals surface area contributed by atoms with Crippen molar-refractivity contribution in [1.29, 1.82) is 0 Å². The van der Waals surface area contributed by atoms with E-state index >= 15 is 0 Å². The van der Waals surface area contributed by atoms with Crippen LogP contribution < -0.4 is 5.32 Å². The predicted octanol–water partition coefficient (Wildman–Crippen LogP) is 1.08. The fourth-order valence-corrected chi connectivity index (χ4v) is 2.17. The van der Waals surface area contributed by atoms with Crippen LogP contribution in [0.3, 0.4) is 0 Å². The molecule has 4 amide bonds. The summed E-state index contributed by atoms with van der Waals surface area (Å²) < 4.78 is 43.1. The number of carbonyl (C=O) groups is 4. The van der Waals surface area contributed by atoms with Crippen LogP contribution in [0.2, 0.25) is 0 Å². The highest BCUT2D eigenvalue weighted by Gasteiger charge is 2.35. The lowest BCUT2D eigenvalue weighted by molar-refractivity contribution is -0.149. The third-order valence-electron chi connectivity index (χ3n) is 3.39. The zero-order chi connectivity index (χ0) is 19.5. The van der Waals surface area contributed by atoms with Crippen LogP contribution in [0.4, 0.5) is 23.7 Å². The molecule has 0 radical (unpaired) electrons. The van der Waals surface area contributed by atoms with Crippen molar-refractivity contribution >= 4 is 29.5 Å². The number of alkyl halides is 3. The van der Waals surface area contributed by atoms with Crippen LogP contribution >= 0.6 is 0 Å². The summed E-state index contributed by atoms with van der Waals surface area (Å²) in [4.78, 5) is 48.2. The van der Waals surface area contributed by atoms with Crippen LogP contribution in [0.5, 0.6) is 0 Å². The van der Waals surface area contributed by atoms with Crippen molar-refractivity contribution in [3.63, 3.8) is 0 Å². The predicted molar refractivity (Wildman–Crippen MR) is 80.8 cm³/mol. The number of nitrogens with zero attached hydrogens (tertiary/aromatic N) is 2. The van der Waals surface area contributed by atoms with E-state index in [1.165, 1.54) is 19.2 Å². The van der Waals surface area contributed by atoms with Crippen molar-refractivity contribution in [3.05, 3.63) is 29.8 Å². The summed E-state index contributed by atoms with van der Waals surface area (Å²) in [7, 11) is 1.37. The van der Waals surface area contributed by atoms with Crippen LogP contribution in [-0.2, 0) is 25.3 Å². The molecule has 1 aliphatic heterocycles. The number of halogens is 3. The lowest BCUT2D eigenvalue weighted by atomic mass is 10.1. The summed E-state index contributed by atoms with van der Waals surface area (Å²) in [6.45, 7) is -1.73. The summed E-state index contributed by atoms with van der Waals surface area (Å²) in [5, 5.41) is 2.00. The number of imide groups is 1. The van der Waals surface area contributed by atoms with E-state index in [4.69, 9.17) is 0 Å². The molecular weight excluding hydrogens is 359 g/mol. The summed E-state index contributed by atoms with van der Waals surface area (Å²) >= 11 is 0. The van der Waals surface area contributed by atoms with Crippen molar-refractivity contribution in [1.82, 2.24) is 9.80 Å². The maximum Gasteiger partial charge on any atom is 0.418 e. The van der Waals surface area contributed by atoms with Gasteiger partial charge in [0.2, 0.25) is 0 Å². The number of anilines is 1. The number of para-hydroxylation sites is 1. The molecule has 0 aliphatic carbocycles. The van der Waals surface area contributed by atoms with Gasteiger partial charge in [-0.15, -0.1) is 0 Å². The third kappa shape index (κ3) is 4.49. The molecule has 26 heavy (non-hydrogen) atoms. The van der Waals surface area contributed by atoms with E-state index < -0.39 is 54.4 Å². The number of benzene rings is 1. The fourth-order valence-electron chi connectivity index (χ4n) is 2.17. The number of likely N-dealkylation sites (N-methyl/N-ethyl adjacent to an activating group) is 1. The minimum Gasteiger partial charge on any atom is -0.454 e. The molecule has 1 fully saturated rings. The molecule has 1 aliphatic rings. The minimum atomic E-state index is -4.66. The van der Waals surface area contributed by atoms with Crippen molar-refractivity contribution in [2.24, 2.45) is 0 Å². The van der Waals surface area contributed by atoms with E-state index in [9.17, 15) is 32.3 Å². The lowest BCUT2D eigenvalue weighted by Crippen LogP contribution is -2.37. The summed E-state index contributed by atoms with van der Waals surface area (Å²) in [5.41, 5.74) is -1.52. The molecule has 0 spiro atoms. The summed E-state index contributed by atoms with van der Waals surface area (Å²) in [5.74, 6) is -2.63. The normalized spacial score (nSPS) is 14.6. The second-order valence-corrected chi connectivity index (χ2v) is 5.37. The monoisotopic (exact) mass is 373 g/mol. The number of ether oxygens (including phenoxy) is 1. The van der Waals surface area contributed by atoms with E-state index in [1.54, 1.807) is 0 Å². The topological polar surface area (TPSA) is 96.0 Å². The van der Waals surface area contributed by atoms with Crippen molar-refractivity contribution in [3.8, 4) is 0 Å². The molecule has 1 saturated heterocycles. The maximum atomic E-state index is 12.8. The Morgan fingerprint density at radius 1 is 1.23 bits per heavy atom. The van der Waals surface area contributed by atoms with Gasteiger partial charge in [-0.3, -0.25) is 19.3 Å².